The predicted molar refractivity (Wildman–Crippen MR) is 425 cm³/mol. The number of halogens is 2. The summed E-state index contributed by atoms with van der Waals surface area (Å²) in [6.07, 6.45) is -15.3. The van der Waals surface area contributed by atoms with Crippen LogP contribution in [0, 0.1) is 5.92 Å². The third-order valence-electron chi connectivity index (χ3n) is 20.9. The molecular weight excluding hydrogens is 1620 g/mol. The fourth-order valence-electron chi connectivity index (χ4n) is 14.7. The predicted octanol–water partition coefficient (Wildman–Crippen LogP) is 4.16. The van der Waals surface area contributed by atoms with Crippen molar-refractivity contribution in [1.82, 2.24) is 42.5 Å². The maximum absolute atomic E-state index is 16.2. The van der Waals surface area contributed by atoms with Gasteiger partial charge in [-0.25, -0.2) is 4.79 Å². The van der Waals surface area contributed by atoms with Gasteiger partial charge in [0.2, 0.25) is 53.4 Å². The molecule has 7 heterocycles. The van der Waals surface area contributed by atoms with Gasteiger partial charge >= 0.3 is 5.97 Å². The lowest BCUT2D eigenvalue weighted by Gasteiger charge is -2.48. The number of hydrogen-bond acceptors (Lipinski definition) is 28. The fraction of sp³-hybridized carbons (Fsp3) is 0.444. The summed E-state index contributed by atoms with van der Waals surface area (Å²) in [6.45, 7) is 8.07. The zero-order chi connectivity index (χ0) is 86.2. The lowest BCUT2D eigenvalue weighted by Crippen LogP contribution is -2.65. The summed E-state index contributed by atoms with van der Waals surface area (Å²) in [7, 11) is 1.48. The van der Waals surface area contributed by atoms with Crippen molar-refractivity contribution in [3.8, 4) is 62.9 Å². The zero-order valence-electron chi connectivity index (χ0n) is 65.2. The van der Waals surface area contributed by atoms with Crippen LogP contribution in [0.15, 0.2) is 103 Å². The largest absolute Gasteiger partial charge is 0.508 e. The van der Waals surface area contributed by atoms with Gasteiger partial charge in [0, 0.05) is 53.9 Å². The number of ether oxygens (including phenoxy) is 7. The van der Waals surface area contributed by atoms with Crippen molar-refractivity contribution in [3.05, 3.63) is 147 Å². The molecule has 0 unspecified atom stereocenters. The average molecular weight is 1710 g/mol. The Hall–Kier alpha value is -10.2. The summed E-state index contributed by atoms with van der Waals surface area (Å²) in [5.41, 5.74) is 2.41. The number of rotatable bonds is 24. The highest BCUT2D eigenvalue weighted by atomic mass is 35.5. The van der Waals surface area contributed by atoms with Gasteiger partial charge in [-0.3, -0.25) is 38.4 Å². The monoisotopic (exact) mass is 1710 g/mol. The number of aliphatic hydroxyl groups is 6. The average Bonchev–Trinajstić information content (AvgIpc) is 0.765. The molecule has 18 atom stereocenters. The number of amides is 7. The number of benzene rings is 6. The maximum Gasteiger partial charge on any atom is 0.330 e. The molecule has 0 radical (unpaired) electrons. The number of aliphatic carboxylic acids is 1. The van der Waals surface area contributed by atoms with E-state index in [0.29, 0.717) is 12.4 Å². The van der Waals surface area contributed by atoms with Gasteiger partial charge in [-0.2, -0.15) is 0 Å². The summed E-state index contributed by atoms with van der Waals surface area (Å²) in [5, 5.41) is 137. The van der Waals surface area contributed by atoms with E-state index in [1.165, 1.54) is 37.9 Å². The van der Waals surface area contributed by atoms with Crippen LogP contribution >= 0.6 is 35.0 Å². The number of carbonyl (C=O) groups is 9. The van der Waals surface area contributed by atoms with E-state index >= 15 is 14.4 Å². The van der Waals surface area contributed by atoms with Crippen LogP contribution in [-0.4, -0.2) is 208 Å². The molecule has 7 aliphatic rings. The van der Waals surface area contributed by atoms with Gasteiger partial charge in [-0.05, 0) is 141 Å². The number of phenolic OH excluding ortho intramolecular Hbond substituents is 3. The number of thioether (sulfide) groups is 1. The highest BCUT2D eigenvalue weighted by Gasteiger charge is 2.52. The second-order valence-corrected chi connectivity index (χ2v) is 32.3. The van der Waals surface area contributed by atoms with E-state index < -0.39 is 237 Å². The van der Waals surface area contributed by atoms with Crippen LogP contribution in [0.3, 0.4) is 0 Å². The Labute approximate surface area is 696 Å². The molecule has 6 aromatic carbocycles. The molecule has 0 aliphatic carbocycles. The van der Waals surface area contributed by atoms with Crippen LogP contribution in [0.1, 0.15) is 143 Å². The molecule has 7 aliphatic heterocycles. The second-order valence-electron chi connectivity index (χ2n) is 30.2. The molecule has 11 bridgehead atoms. The molecule has 0 saturated carbocycles. The van der Waals surface area contributed by atoms with Crippen molar-refractivity contribution in [3.63, 3.8) is 0 Å². The first-order valence-electron chi connectivity index (χ1n) is 38.3. The lowest BCUT2D eigenvalue weighted by atomic mass is 9.84. The fourth-order valence-corrected chi connectivity index (χ4v) is 15.7. The minimum absolute atomic E-state index is 0.0748. The van der Waals surface area contributed by atoms with Crippen LogP contribution in [-0.2, 0) is 63.9 Å². The Morgan fingerprint density at radius 3 is 1.99 bits per heavy atom. The number of hydrogen-bond donors (Lipinski definition) is 19. The summed E-state index contributed by atoms with van der Waals surface area (Å²) >= 11 is 15.6. The van der Waals surface area contributed by atoms with Crippen LogP contribution in [0.5, 0.6) is 51.7 Å². The van der Waals surface area contributed by atoms with Crippen LogP contribution in [0.4, 0.5) is 0 Å². The van der Waals surface area contributed by atoms with E-state index in [2.05, 4.69) is 42.5 Å². The number of primary amides is 1. The third-order valence-corrected chi connectivity index (χ3v) is 22.4. The van der Waals surface area contributed by atoms with E-state index in [9.17, 15) is 79.8 Å². The Morgan fingerprint density at radius 2 is 1.35 bits per heavy atom. The minimum atomic E-state index is -2.37. The quantitative estimate of drug-likeness (QED) is 0.0378. The van der Waals surface area contributed by atoms with Crippen LogP contribution in [0.2, 0.25) is 10.0 Å². The molecule has 640 valence electrons. The van der Waals surface area contributed by atoms with Gasteiger partial charge in [0.05, 0.1) is 47.9 Å². The number of carboxylic acids is 1. The van der Waals surface area contributed by atoms with E-state index in [4.69, 9.17) is 62.1 Å². The number of nitrogens with two attached hydrogens (primary N) is 1. The summed E-state index contributed by atoms with van der Waals surface area (Å²) in [5.74, 6) is -14.7. The molecule has 35 nitrogen and oxygen atoms in total. The van der Waals surface area contributed by atoms with Crippen molar-refractivity contribution in [2.45, 2.75) is 195 Å². The Kier molecular flexibility index (Phi) is 29.3. The first-order valence-corrected chi connectivity index (χ1v) is 40.0. The molecule has 0 spiro atoms. The van der Waals surface area contributed by atoms with Gasteiger partial charge in [0.15, 0.2) is 35.1 Å². The molecule has 2 saturated heterocycles. The Balaban J connectivity index is 1.07. The third kappa shape index (κ3) is 21.2. The molecule has 7 amide bonds. The van der Waals surface area contributed by atoms with Crippen LogP contribution < -0.4 is 67.2 Å². The second kappa shape index (κ2) is 38.9. The SMILES string of the molecule is CN[C@H](CC(C)C)C(=O)N[C@H]1C(=O)N[C@@H](CC(N)=O)C(=O)N[C@H]2C(=O)N[C@H]3C(=O)N[C@H](C(=O)N[C@H](C(=O)O)c4cc(O)cc(O)c4-c4cc3ccc4O)[C@H](O)c3ccc(c(Cl)c3)Oc3cc2cc(c3O[C@@H]2O[C@H](CO)[C@@H](O)[C@H](O)[C@H]2O[C@H]2C[C@](C)(NCc3cccc(OCCCCCCSC(C)=O)c3)[C@H](O)[C@H](C)O2)Oc2ccc(cc2Cl)[C@H]1O. The summed E-state index contributed by atoms with van der Waals surface area (Å²) in [4.78, 5) is 129. The minimum Gasteiger partial charge on any atom is -0.508 e. The summed E-state index contributed by atoms with van der Waals surface area (Å²) in [6, 6.07) is 6.62. The highest BCUT2D eigenvalue weighted by molar-refractivity contribution is 8.13. The maximum atomic E-state index is 16.2. The van der Waals surface area contributed by atoms with Crippen LogP contribution in [0.25, 0.3) is 11.1 Å². The molecule has 119 heavy (non-hydrogen) atoms. The van der Waals surface area contributed by atoms with E-state index in [1.54, 1.807) is 13.8 Å². The molecule has 2 fully saturated rings. The molecule has 0 aromatic heterocycles. The smallest absolute Gasteiger partial charge is 0.330 e. The Morgan fingerprint density at radius 1 is 0.706 bits per heavy atom. The number of fused-ring (bicyclic) bond motifs is 15. The van der Waals surface area contributed by atoms with Gasteiger partial charge in [0.25, 0.3) is 0 Å². The van der Waals surface area contributed by atoms with E-state index in [-0.39, 0.29) is 57.9 Å². The van der Waals surface area contributed by atoms with Crippen molar-refractivity contribution in [1.29, 1.82) is 0 Å². The highest BCUT2D eigenvalue weighted by Crippen LogP contribution is 2.50. The van der Waals surface area contributed by atoms with Gasteiger partial charge in [0.1, 0.15) is 95.2 Å². The number of unbranched alkanes of at least 4 members (excludes halogenated alkanes) is 3. The first kappa shape index (κ1) is 89.6. The number of aliphatic hydroxyl groups excluding tert-OH is 6. The van der Waals surface area contributed by atoms with E-state index in [0.717, 1.165) is 104 Å². The normalized spacial score (nSPS) is 26.7. The number of aromatic hydroxyl groups is 3. The molecule has 38 heteroatoms. The Bertz CT molecular complexity index is 4800. The zero-order valence-corrected chi connectivity index (χ0v) is 67.6. The molecular formula is C81H95Cl2N9O26S. The van der Waals surface area contributed by atoms with Crippen molar-refractivity contribution in [2.75, 3.05) is 26.0 Å². The van der Waals surface area contributed by atoms with Crippen molar-refractivity contribution >= 4 is 87.4 Å². The molecule has 20 N–H and O–H groups in total. The number of nitrogens with one attached hydrogen (secondary N) is 8. The standard InChI is InChI=1S/C81H95Cl2N9O26S/c1-35(2)22-49(85-6)73(104)91-64-66(99)40-15-18-53(47(82)25-40)114-55-27-42-28-56(70(55)118-80-71(69(102)68(101)57(34-93)116-80)117-59-32-81(5,72(103)36(3)113-59)86-33-38-12-11-13-44(23-38)112-20-9-7-8-10-21-119-37(4)94)115-54-19-16-41(26-48(54)83)67(100)65-78(109)90-63(79(110)111)46-29-43(95)30-52(97)60(46)45-24-39(14-17-51(45)96)61(75(106)92-65)89-76(107)62(42)88-74(105)50(31-58(84)98)87-77(64)108/h11-19,23-30,35-36,49-50,57,59,61-69,71-72,80,85-86,93,95-97,99-103H,7-10,20-22,31-34H2,1-6H3,(H2,84,98)(H,87,108)(H,88,105)(H,89,107)(H,90,109)(H,91,104)(H,92,106)(H,110,111)/t36-,49+,50-,57+,59-,61+,62+,63-,64+,65-,66+,67+,68+,69-,71+,72+,80-,81-/m0/s1. The topological polar surface area (TPSA) is 543 Å². The number of carbonyl (C=O) groups excluding carboxylic acids is 8. The molecule has 13 rings (SSSR count). The number of likely N-dealkylation sites (N-methyl/N-ethyl adjacent to an activating group) is 1. The van der Waals surface area contributed by atoms with E-state index in [1.807, 2.05) is 38.1 Å². The van der Waals surface area contributed by atoms with Crippen molar-refractivity contribution < 1.29 is 127 Å². The summed E-state index contributed by atoms with van der Waals surface area (Å²) < 4.78 is 45.6. The molecule has 6 aromatic rings. The van der Waals surface area contributed by atoms with Crippen molar-refractivity contribution in [2.24, 2.45) is 11.7 Å². The number of phenols is 3. The van der Waals surface area contributed by atoms with Gasteiger partial charge in [-0.1, -0.05) is 92.0 Å². The van der Waals surface area contributed by atoms with Gasteiger partial charge in [-0.15, -0.1) is 0 Å². The lowest BCUT2D eigenvalue weighted by molar-refractivity contribution is -0.334. The first-order chi connectivity index (χ1) is 56.5. The number of carboxylic acid groups (broad SMARTS) is 1. The van der Waals surface area contributed by atoms with Gasteiger partial charge < -0.3 is 132 Å².